The summed E-state index contributed by atoms with van der Waals surface area (Å²) in [4.78, 5) is 4.89. The molecule has 0 bridgehead atoms. The summed E-state index contributed by atoms with van der Waals surface area (Å²) in [7, 11) is 0. The molecule has 2 aliphatic rings. The maximum atomic E-state index is 7.81. The standard InChI is InChI=1S/C12H23N3/c1-2-12(13)15-9-7-14(8-10-15)11-5-3-4-6-11/h11,13H,2-10H2,1H3. The van der Waals surface area contributed by atoms with E-state index in [1.807, 2.05) is 0 Å². The van der Waals surface area contributed by atoms with E-state index in [9.17, 15) is 0 Å². The maximum Gasteiger partial charge on any atom is 0.0955 e. The molecule has 1 saturated heterocycles. The quantitative estimate of drug-likeness (QED) is 0.556. The zero-order chi connectivity index (χ0) is 10.7. The second-order valence-corrected chi connectivity index (χ2v) is 4.76. The lowest BCUT2D eigenvalue weighted by atomic mass is 10.2. The van der Waals surface area contributed by atoms with Gasteiger partial charge in [-0.2, -0.15) is 0 Å². The molecular weight excluding hydrogens is 186 g/mol. The Labute approximate surface area is 92.9 Å². The summed E-state index contributed by atoms with van der Waals surface area (Å²) in [5, 5.41) is 7.81. The molecule has 1 heterocycles. The van der Waals surface area contributed by atoms with Gasteiger partial charge in [0.15, 0.2) is 0 Å². The van der Waals surface area contributed by atoms with Crippen LogP contribution in [0.3, 0.4) is 0 Å². The fourth-order valence-corrected chi connectivity index (χ4v) is 2.85. The van der Waals surface area contributed by atoms with Crippen LogP contribution in [0.1, 0.15) is 39.0 Å². The van der Waals surface area contributed by atoms with Gasteiger partial charge in [-0.15, -0.1) is 0 Å². The third kappa shape index (κ3) is 2.51. The predicted octanol–water partition coefficient (Wildman–Crippen LogP) is 1.93. The van der Waals surface area contributed by atoms with E-state index in [1.54, 1.807) is 0 Å². The Hall–Kier alpha value is -0.570. The topological polar surface area (TPSA) is 30.3 Å². The van der Waals surface area contributed by atoms with Crippen molar-refractivity contribution in [3.05, 3.63) is 0 Å². The van der Waals surface area contributed by atoms with E-state index in [1.165, 1.54) is 38.8 Å². The van der Waals surface area contributed by atoms with Gasteiger partial charge in [-0.05, 0) is 12.8 Å². The SMILES string of the molecule is CCC(=N)N1CCN(C2CCCC2)CC1. The second-order valence-electron chi connectivity index (χ2n) is 4.76. The molecule has 2 fully saturated rings. The Morgan fingerprint density at radius 3 is 2.27 bits per heavy atom. The highest BCUT2D eigenvalue weighted by Crippen LogP contribution is 2.24. The molecule has 3 heteroatoms. The van der Waals surface area contributed by atoms with Crippen molar-refractivity contribution in [1.82, 2.24) is 9.80 Å². The van der Waals surface area contributed by atoms with Gasteiger partial charge in [0.1, 0.15) is 0 Å². The molecule has 2 rings (SSSR count). The molecule has 0 aromatic heterocycles. The van der Waals surface area contributed by atoms with Gasteiger partial charge in [0, 0.05) is 38.6 Å². The smallest absolute Gasteiger partial charge is 0.0955 e. The van der Waals surface area contributed by atoms with Crippen LogP contribution in [0.2, 0.25) is 0 Å². The molecule has 3 nitrogen and oxygen atoms in total. The summed E-state index contributed by atoms with van der Waals surface area (Å²) in [6.07, 6.45) is 6.55. The van der Waals surface area contributed by atoms with Crippen LogP contribution in [0.25, 0.3) is 0 Å². The van der Waals surface area contributed by atoms with Crippen LogP contribution >= 0.6 is 0 Å². The predicted molar refractivity (Wildman–Crippen MR) is 63.4 cm³/mol. The Morgan fingerprint density at radius 2 is 1.73 bits per heavy atom. The lowest BCUT2D eigenvalue weighted by Crippen LogP contribution is -2.51. The van der Waals surface area contributed by atoms with Crippen LogP contribution in [0.5, 0.6) is 0 Å². The van der Waals surface area contributed by atoms with E-state index in [-0.39, 0.29) is 0 Å². The van der Waals surface area contributed by atoms with E-state index < -0.39 is 0 Å². The monoisotopic (exact) mass is 209 g/mol. The molecule has 0 aromatic rings. The molecule has 0 spiro atoms. The largest absolute Gasteiger partial charge is 0.358 e. The average Bonchev–Trinajstić information content (AvgIpc) is 2.82. The molecule has 1 N–H and O–H groups in total. The van der Waals surface area contributed by atoms with Gasteiger partial charge in [-0.3, -0.25) is 10.3 Å². The number of hydrogen-bond acceptors (Lipinski definition) is 2. The zero-order valence-corrected chi connectivity index (χ0v) is 9.84. The third-order valence-corrected chi connectivity index (χ3v) is 3.87. The van der Waals surface area contributed by atoms with E-state index >= 15 is 0 Å². The van der Waals surface area contributed by atoms with Gasteiger partial charge in [-0.25, -0.2) is 0 Å². The highest BCUT2D eigenvalue weighted by molar-refractivity contribution is 5.78. The van der Waals surface area contributed by atoms with E-state index in [2.05, 4.69) is 16.7 Å². The summed E-state index contributed by atoms with van der Waals surface area (Å²) in [6.45, 7) is 6.57. The summed E-state index contributed by atoms with van der Waals surface area (Å²) in [5.41, 5.74) is 0. The zero-order valence-electron chi connectivity index (χ0n) is 9.84. The summed E-state index contributed by atoms with van der Waals surface area (Å²) in [5.74, 6) is 0.820. The van der Waals surface area contributed by atoms with Crippen molar-refractivity contribution in [2.24, 2.45) is 0 Å². The summed E-state index contributed by atoms with van der Waals surface area (Å²) >= 11 is 0. The lowest BCUT2D eigenvalue weighted by molar-refractivity contribution is 0.132. The Balaban J connectivity index is 1.78. The molecule has 0 radical (unpaired) electrons. The molecule has 0 atom stereocenters. The Kier molecular flexibility index (Phi) is 3.62. The minimum absolute atomic E-state index is 0.820. The highest BCUT2D eigenvalue weighted by atomic mass is 15.3. The van der Waals surface area contributed by atoms with Gasteiger partial charge in [0.05, 0.1) is 5.84 Å². The van der Waals surface area contributed by atoms with E-state index in [0.29, 0.717) is 0 Å². The number of nitrogens with zero attached hydrogens (tertiary/aromatic N) is 2. The van der Waals surface area contributed by atoms with Gasteiger partial charge in [0.2, 0.25) is 0 Å². The molecular formula is C12H23N3. The van der Waals surface area contributed by atoms with Crippen molar-refractivity contribution in [2.75, 3.05) is 26.2 Å². The number of amidine groups is 1. The first-order valence-electron chi connectivity index (χ1n) is 6.37. The molecule has 15 heavy (non-hydrogen) atoms. The molecule has 86 valence electrons. The van der Waals surface area contributed by atoms with Crippen LogP contribution < -0.4 is 0 Å². The van der Waals surface area contributed by atoms with Gasteiger partial charge >= 0.3 is 0 Å². The maximum absolute atomic E-state index is 7.81. The molecule has 0 aromatic carbocycles. The lowest BCUT2D eigenvalue weighted by Gasteiger charge is -2.39. The Bertz CT molecular complexity index is 213. The molecule has 0 amide bonds. The van der Waals surface area contributed by atoms with Crippen molar-refractivity contribution >= 4 is 5.84 Å². The normalized spacial score (nSPS) is 24.7. The molecule has 1 saturated carbocycles. The van der Waals surface area contributed by atoms with Crippen molar-refractivity contribution in [3.63, 3.8) is 0 Å². The number of hydrogen-bond donors (Lipinski definition) is 1. The number of piperazine rings is 1. The fourth-order valence-electron chi connectivity index (χ4n) is 2.85. The van der Waals surface area contributed by atoms with Crippen molar-refractivity contribution < 1.29 is 0 Å². The van der Waals surface area contributed by atoms with Crippen LogP contribution in [-0.4, -0.2) is 47.9 Å². The minimum atomic E-state index is 0.820. The van der Waals surface area contributed by atoms with Crippen LogP contribution in [0.4, 0.5) is 0 Å². The second kappa shape index (κ2) is 4.97. The van der Waals surface area contributed by atoms with E-state index in [4.69, 9.17) is 5.41 Å². The van der Waals surface area contributed by atoms with Crippen LogP contribution in [0, 0.1) is 5.41 Å². The van der Waals surface area contributed by atoms with Crippen molar-refractivity contribution in [2.45, 2.75) is 45.1 Å². The van der Waals surface area contributed by atoms with E-state index in [0.717, 1.165) is 31.4 Å². The highest BCUT2D eigenvalue weighted by Gasteiger charge is 2.26. The molecule has 1 aliphatic carbocycles. The van der Waals surface area contributed by atoms with Crippen molar-refractivity contribution in [3.8, 4) is 0 Å². The Morgan fingerprint density at radius 1 is 1.13 bits per heavy atom. The first kappa shape index (κ1) is 10.9. The summed E-state index contributed by atoms with van der Waals surface area (Å²) in [6, 6.07) is 0.864. The number of nitrogens with one attached hydrogen (secondary N) is 1. The van der Waals surface area contributed by atoms with Crippen LogP contribution in [0.15, 0.2) is 0 Å². The molecule has 0 unspecified atom stereocenters. The van der Waals surface area contributed by atoms with Crippen LogP contribution in [-0.2, 0) is 0 Å². The summed E-state index contributed by atoms with van der Waals surface area (Å²) < 4.78 is 0. The van der Waals surface area contributed by atoms with Gasteiger partial charge in [-0.1, -0.05) is 19.8 Å². The fraction of sp³-hybridized carbons (Fsp3) is 0.917. The first-order valence-corrected chi connectivity index (χ1v) is 6.37. The first-order chi connectivity index (χ1) is 7.31. The number of rotatable bonds is 2. The van der Waals surface area contributed by atoms with Gasteiger partial charge < -0.3 is 4.90 Å². The third-order valence-electron chi connectivity index (χ3n) is 3.87. The van der Waals surface area contributed by atoms with Crippen molar-refractivity contribution in [1.29, 1.82) is 5.41 Å². The van der Waals surface area contributed by atoms with Gasteiger partial charge in [0.25, 0.3) is 0 Å². The molecule has 1 aliphatic heterocycles. The average molecular weight is 209 g/mol. The minimum Gasteiger partial charge on any atom is -0.358 e.